The topological polar surface area (TPSA) is 3.24 Å². The molecule has 0 spiro atoms. The van der Waals surface area contributed by atoms with Crippen molar-refractivity contribution in [2.45, 2.75) is 0 Å². The molecule has 0 aliphatic heterocycles. The molecule has 0 fully saturated rings. The molecule has 0 saturated heterocycles. The largest absolute Gasteiger partial charge is 0.310 e. The highest BCUT2D eigenvalue weighted by molar-refractivity contribution is 7.26. The van der Waals surface area contributed by atoms with Crippen LogP contribution in [0.4, 0.5) is 17.1 Å². The predicted octanol–water partition coefficient (Wildman–Crippen LogP) is 13.2. The van der Waals surface area contributed by atoms with Gasteiger partial charge in [0, 0.05) is 37.1 Å². The normalized spacial score (nSPS) is 11.5. The van der Waals surface area contributed by atoms with Gasteiger partial charge in [0.15, 0.2) is 0 Å². The van der Waals surface area contributed by atoms with Crippen LogP contribution in [0.15, 0.2) is 176 Å². The lowest BCUT2D eigenvalue weighted by molar-refractivity contribution is 1.28. The van der Waals surface area contributed by atoms with Crippen LogP contribution in [0.1, 0.15) is 0 Å². The van der Waals surface area contributed by atoms with Gasteiger partial charge in [-0.3, -0.25) is 0 Å². The van der Waals surface area contributed by atoms with Crippen LogP contribution < -0.4 is 4.90 Å². The second kappa shape index (κ2) is 11.0. The number of rotatable bonds is 5. The van der Waals surface area contributed by atoms with Gasteiger partial charge in [0.25, 0.3) is 0 Å². The fraction of sp³-hybridized carbons (Fsp3) is 0. The Balaban J connectivity index is 1.25. The van der Waals surface area contributed by atoms with Crippen LogP contribution in [-0.2, 0) is 0 Å². The number of fused-ring (bicyclic) bond motifs is 6. The summed E-state index contributed by atoms with van der Waals surface area (Å²) in [6, 6.07) is 63.9. The van der Waals surface area contributed by atoms with Crippen molar-refractivity contribution in [1.29, 1.82) is 0 Å². The number of benzene rings is 8. The minimum absolute atomic E-state index is 1.12. The Morgan fingerprint density at radius 2 is 0.978 bits per heavy atom. The molecule has 216 valence electrons. The lowest BCUT2D eigenvalue weighted by Crippen LogP contribution is -2.11. The first-order valence-electron chi connectivity index (χ1n) is 15.7. The second-order valence-corrected chi connectivity index (χ2v) is 12.8. The molecule has 0 amide bonds. The lowest BCUT2D eigenvalue weighted by Gasteiger charge is -2.28. The van der Waals surface area contributed by atoms with Gasteiger partial charge in [-0.25, -0.2) is 0 Å². The Labute approximate surface area is 272 Å². The number of nitrogens with zero attached hydrogens (tertiary/aromatic N) is 1. The number of anilines is 3. The third-order valence-corrected chi connectivity index (χ3v) is 10.2. The van der Waals surface area contributed by atoms with Gasteiger partial charge in [-0.05, 0) is 80.7 Å². The van der Waals surface area contributed by atoms with E-state index >= 15 is 0 Å². The average Bonchev–Trinajstić information content (AvgIpc) is 3.51. The van der Waals surface area contributed by atoms with E-state index in [-0.39, 0.29) is 0 Å². The minimum Gasteiger partial charge on any atom is -0.310 e. The van der Waals surface area contributed by atoms with Crippen LogP contribution in [0.25, 0.3) is 64.0 Å². The lowest BCUT2D eigenvalue weighted by atomic mass is 9.93. The van der Waals surface area contributed by atoms with E-state index in [0.29, 0.717) is 0 Å². The molecule has 0 N–H and O–H groups in total. The maximum Gasteiger partial charge on any atom is 0.0540 e. The first-order chi connectivity index (χ1) is 22.8. The van der Waals surface area contributed by atoms with Crippen LogP contribution in [0, 0.1) is 0 Å². The number of hydrogen-bond acceptors (Lipinski definition) is 2. The number of thiophene rings is 1. The van der Waals surface area contributed by atoms with Crippen LogP contribution in [0.3, 0.4) is 0 Å². The maximum absolute atomic E-state index is 2.40. The first-order valence-corrected chi connectivity index (χ1v) is 16.5. The van der Waals surface area contributed by atoms with Gasteiger partial charge in [-0.1, -0.05) is 133 Å². The fourth-order valence-electron chi connectivity index (χ4n) is 6.99. The molecule has 9 rings (SSSR count). The molecule has 0 saturated carbocycles. The molecule has 0 atom stereocenters. The smallest absolute Gasteiger partial charge is 0.0540 e. The molecule has 0 aliphatic carbocycles. The Morgan fingerprint density at radius 1 is 0.348 bits per heavy atom. The zero-order chi connectivity index (χ0) is 30.5. The highest BCUT2D eigenvalue weighted by atomic mass is 32.1. The Morgan fingerprint density at radius 3 is 1.85 bits per heavy atom. The molecule has 9 aromatic rings. The van der Waals surface area contributed by atoms with Gasteiger partial charge < -0.3 is 4.90 Å². The zero-order valence-corrected chi connectivity index (χ0v) is 25.9. The summed E-state index contributed by atoms with van der Waals surface area (Å²) >= 11 is 1.87. The van der Waals surface area contributed by atoms with E-state index in [1.165, 1.54) is 64.0 Å². The van der Waals surface area contributed by atoms with Gasteiger partial charge in [-0.2, -0.15) is 0 Å². The molecule has 1 nitrogen and oxygen atoms in total. The summed E-state index contributed by atoms with van der Waals surface area (Å²) < 4.78 is 2.65. The maximum atomic E-state index is 2.40. The minimum atomic E-state index is 1.12. The molecule has 1 aromatic heterocycles. The highest BCUT2D eigenvalue weighted by Gasteiger charge is 2.20. The molecule has 8 aromatic carbocycles. The van der Waals surface area contributed by atoms with Crippen molar-refractivity contribution in [3.8, 4) is 22.3 Å². The van der Waals surface area contributed by atoms with E-state index in [9.17, 15) is 0 Å². The quantitative estimate of drug-likeness (QED) is 0.189. The molecule has 0 aliphatic rings. The van der Waals surface area contributed by atoms with E-state index < -0.39 is 0 Å². The summed E-state index contributed by atoms with van der Waals surface area (Å²) in [5.41, 5.74) is 8.30. The molecular weight excluding hydrogens is 575 g/mol. The summed E-state index contributed by atoms with van der Waals surface area (Å²) in [7, 11) is 0. The number of para-hydroxylation sites is 2. The van der Waals surface area contributed by atoms with E-state index in [2.05, 4.69) is 181 Å². The first kappa shape index (κ1) is 26.7. The molecule has 2 heteroatoms. The SMILES string of the molecule is c1ccc(N(c2ccc(-c3cccc4ccccc34)cc2)c2ccccc2-c2cccc3ccc4sc5ccccc5c4c23)cc1. The van der Waals surface area contributed by atoms with Crippen molar-refractivity contribution < 1.29 is 0 Å². The molecule has 0 bridgehead atoms. The third kappa shape index (κ3) is 4.38. The summed E-state index contributed by atoms with van der Waals surface area (Å²) in [6.07, 6.45) is 0. The molecule has 1 heterocycles. The predicted molar refractivity (Wildman–Crippen MR) is 200 cm³/mol. The van der Waals surface area contributed by atoms with E-state index in [4.69, 9.17) is 0 Å². The van der Waals surface area contributed by atoms with Crippen molar-refractivity contribution in [1.82, 2.24) is 0 Å². The fourth-order valence-corrected chi connectivity index (χ4v) is 8.10. The van der Waals surface area contributed by atoms with Crippen molar-refractivity contribution in [3.63, 3.8) is 0 Å². The summed E-state index contributed by atoms with van der Waals surface area (Å²) in [5, 5.41) is 7.76. The summed E-state index contributed by atoms with van der Waals surface area (Å²) in [4.78, 5) is 2.40. The van der Waals surface area contributed by atoms with Gasteiger partial charge in [0.1, 0.15) is 0 Å². The summed E-state index contributed by atoms with van der Waals surface area (Å²) in [6.45, 7) is 0. The van der Waals surface area contributed by atoms with Crippen LogP contribution in [0.5, 0.6) is 0 Å². The van der Waals surface area contributed by atoms with Crippen LogP contribution in [-0.4, -0.2) is 0 Å². The third-order valence-electron chi connectivity index (χ3n) is 9.06. The van der Waals surface area contributed by atoms with E-state index in [0.717, 1.165) is 17.1 Å². The van der Waals surface area contributed by atoms with Crippen LogP contribution >= 0.6 is 11.3 Å². The van der Waals surface area contributed by atoms with Crippen molar-refractivity contribution in [2.24, 2.45) is 0 Å². The Hall–Kier alpha value is -5.70. The van der Waals surface area contributed by atoms with Gasteiger partial charge in [-0.15, -0.1) is 11.3 Å². The second-order valence-electron chi connectivity index (χ2n) is 11.7. The molecular formula is C44H29NS. The summed E-state index contributed by atoms with van der Waals surface area (Å²) in [5.74, 6) is 0. The van der Waals surface area contributed by atoms with Crippen molar-refractivity contribution in [3.05, 3.63) is 176 Å². The molecule has 0 radical (unpaired) electrons. The Bertz CT molecular complexity index is 2520. The van der Waals surface area contributed by atoms with Crippen molar-refractivity contribution in [2.75, 3.05) is 4.90 Å². The van der Waals surface area contributed by atoms with Gasteiger partial charge >= 0.3 is 0 Å². The van der Waals surface area contributed by atoms with Gasteiger partial charge in [0.05, 0.1) is 5.69 Å². The molecule has 46 heavy (non-hydrogen) atoms. The zero-order valence-electron chi connectivity index (χ0n) is 25.1. The monoisotopic (exact) mass is 603 g/mol. The van der Waals surface area contributed by atoms with Crippen LogP contribution in [0.2, 0.25) is 0 Å². The van der Waals surface area contributed by atoms with Crippen molar-refractivity contribution >= 4 is 70.1 Å². The van der Waals surface area contributed by atoms with E-state index in [1.54, 1.807) is 0 Å². The Kier molecular flexibility index (Phi) is 6.40. The van der Waals surface area contributed by atoms with Gasteiger partial charge in [0.2, 0.25) is 0 Å². The van der Waals surface area contributed by atoms with E-state index in [1.807, 2.05) is 11.3 Å². The average molecular weight is 604 g/mol. The standard InChI is InChI=1S/C44H29NS/c1-2-15-33(16-3-1)45(34-27-24-31(25-28-34)36-20-10-13-30-12-4-5-17-35(30)36)40-22-8-6-18-37(40)38-21-11-14-32-26-29-42-44(43(32)38)39-19-7-9-23-41(39)46-42/h1-29H. The molecule has 0 unspecified atom stereocenters. The highest BCUT2D eigenvalue weighted by Crippen LogP contribution is 2.46. The number of hydrogen-bond donors (Lipinski definition) is 0.